The van der Waals surface area contributed by atoms with Gasteiger partial charge in [0, 0.05) is 37.2 Å². The van der Waals surface area contributed by atoms with Gasteiger partial charge < -0.3 is 19.5 Å². The maximum atomic E-state index is 12.6. The Balaban J connectivity index is 1.94. The van der Waals surface area contributed by atoms with Gasteiger partial charge in [-0.2, -0.15) is 0 Å². The highest BCUT2D eigenvalue weighted by atomic mass is 16.5. The zero-order valence-corrected chi connectivity index (χ0v) is 14.4. The van der Waals surface area contributed by atoms with Crippen LogP contribution in [0.1, 0.15) is 18.9 Å². The molecule has 0 saturated carbocycles. The third kappa shape index (κ3) is 3.58. The lowest BCUT2D eigenvalue weighted by Crippen LogP contribution is -2.40. The smallest absolute Gasteiger partial charge is 0.252 e. The van der Waals surface area contributed by atoms with Gasteiger partial charge in [-0.3, -0.25) is 9.78 Å². The quantitative estimate of drug-likeness (QED) is 0.925. The molecule has 0 radical (unpaired) electrons. The molecule has 6 nitrogen and oxygen atoms in total. The summed E-state index contributed by atoms with van der Waals surface area (Å²) in [5.41, 5.74) is 2.50. The summed E-state index contributed by atoms with van der Waals surface area (Å²) in [6.45, 7) is 3.07. The van der Waals surface area contributed by atoms with Crippen molar-refractivity contribution < 1.29 is 19.4 Å². The molecule has 0 bridgehead atoms. The first-order valence-electron chi connectivity index (χ1n) is 8.34. The number of amides is 1. The van der Waals surface area contributed by atoms with E-state index in [1.807, 2.05) is 25.1 Å². The van der Waals surface area contributed by atoms with E-state index in [-0.39, 0.29) is 11.7 Å². The number of hydrogen-bond donors (Lipinski definition) is 1. The van der Waals surface area contributed by atoms with Crippen molar-refractivity contribution in [2.45, 2.75) is 26.0 Å². The first kappa shape index (κ1) is 17.2. The molecule has 1 atom stereocenters. The minimum atomic E-state index is -0.461. The van der Waals surface area contributed by atoms with Gasteiger partial charge in [0.15, 0.2) is 11.5 Å². The highest BCUT2D eigenvalue weighted by molar-refractivity contribution is 5.81. The molecular formula is C19H22N2O4. The van der Waals surface area contributed by atoms with E-state index in [0.717, 1.165) is 16.7 Å². The molecule has 1 aliphatic rings. The Kier molecular flexibility index (Phi) is 5.19. The van der Waals surface area contributed by atoms with E-state index >= 15 is 0 Å². The molecule has 2 heterocycles. The Hall–Kier alpha value is -2.60. The number of rotatable bonds is 4. The molecule has 3 rings (SSSR count). The van der Waals surface area contributed by atoms with E-state index in [9.17, 15) is 9.90 Å². The van der Waals surface area contributed by atoms with Crippen LogP contribution in [0, 0.1) is 0 Å². The number of pyridine rings is 1. The Labute approximate surface area is 147 Å². The summed E-state index contributed by atoms with van der Waals surface area (Å²) in [4.78, 5) is 18.5. The van der Waals surface area contributed by atoms with Crippen LogP contribution in [0.5, 0.6) is 11.5 Å². The van der Waals surface area contributed by atoms with Gasteiger partial charge in [0.05, 0.1) is 6.54 Å². The summed E-state index contributed by atoms with van der Waals surface area (Å²) < 4.78 is 11.0. The molecule has 25 heavy (non-hydrogen) atoms. The van der Waals surface area contributed by atoms with Gasteiger partial charge in [-0.15, -0.1) is 0 Å². The van der Waals surface area contributed by atoms with Gasteiger partial charge >= 0.3 is 0 Å². The zero-order chi connectivity index (χ0) is 17.8. The van der Waals surface area contributed by atoms with Crippen LogP contribution >= 0.6 is 0 Å². The lowest BCUT2D eigenvalue weighted by molar-refractivity contribution is -0.142. The summed E-state index contributed by atoms with van der Waals surface area (Å²) in [6.07, 6.45) is 3.59. The number of benzene rings is 1. The summed E-state index contributed by atoms with van der Waals surface area (Å²) >= 11 is 0. The highest BCUT2D eigenvalue weighted by Crippen LogP contribution is 2.37. The van der Waals surface area contributed by atoms with E-state index in [0.29, 0.717) is 31.9 Å². The van der Waals surface area contributed by atoms with Crippen LogP contribution in [0.15, 0.2) is 36.7 Å². The first-order chi connectivity index (χ1) is 12.1. The average molecular weight is 342 g/mol. The second-order valence-corrected chi connectivity index (χ2v) is 5.97. The highest BCUT2D eigenvalue weighted by Gasteiger charge is 2.27. The number of hydrogen-bond acceptors (Lipinski definition) is 5. The summed E-state index contributed by atoms with van der Waals surface area (Å²) in [5, 5.41) is 10.4. The molecule has 1 aromatic heterocycles. The van der Waals surface area contributed by atoms with Crippen molar-refractivity contribution in [3.05, 3.63) is 42.2 Å². The fourth-order valence-corrected chi connectivity index (χ4v) is 3.03. The van der Waals surface area contributed by atoms with Gasteiger partial charge in [-0.05, 0) is 30.2 Å². The number of methoxy groups -OCH3 is 1. The van der Waals surface area contributed by atoms with Gasteiger partial charge in [-0.1, -0.05) is 13.0 Å². The number of aromatic nitrogens is 1. The molecule has 0 saturated heterocycles. The Morgan fingerprint density at radius 1 is 1.44 bits per heavy atom. The number of phenolic OH excluding ortho intramolecular Hbond substituents is 1. The molecule has 6 heteroatoms. The lowest BCUT2D eigenvalue weighted by Gasteiger charge is -2.24. The van der Waals surface area contributed by atoms with Crippen LogP contribution in [0.3, 0.4) is 0 Å². The molecule has 0 unspecified atom stereocenters. The molecule has 0 aliphatic carbocycles. The number of fused-ring (bicyclic) bond motifs is 1. The van der Waals surface area contributed by atoms with Crippen molar-refractivity contribution in [3.63, 3.8) is 0 Å². The number of aromatic hydroxyl groups is 1. The fraction of sp³-hybridized carbons (Fsp3) is 0.368. The van der Waals surface area contributed by atoms with Crippen LogP contribution < -0.4 is 4.74 Å². The second kappa shape index (κ2) is 7.53. The molecule has 1 amide bonds. The number of ether oxygens (including phenoxy) is 2. The van der Waals surface area contributed by atoms with Gasteiger partial charge in [0.1, 0.15) is 12.7 Å². The van der Waals surface area contributed by atoms with E-state index in [1.54, 1.807) is 30.5 Å². The average Bonchev–Trinajstić information content (AvgIpc) is 2.86. The maximum Gasteiger partial charge on any atom is 0.252 e. The summed E-state index contributed by atoms with van der Waals surface area (Å²) in [7, 11) is 1.54. The van der Waals surface area contributed by atoms with Gasteiger partial charge in [-0.25, -0.2) is 0 Å². The van der Waals surface area contributed by atoms with E-state index < -0.39 is 6.10 Å². The molecule has 132 valence electrons. The van der Waals surface area contributed by atoms with E-state index in [2.05, 4.69) is 4.98 Å². The molecule has 1 N–H and O–H groups in total. The van der Waals surface area contributed by atoms with Crippen molar-refractivity contribution in [1.82, 2.24) is 9.88 Å². The fourth-order valence-electron chi connectivity index (χ4n) is 3.03. The monoisotopic (exact) mass is 342 g/mol. The number of carbonyl (C=O) groups is 1. The predicted molar refractivity (Wildman–Crippen MR) is 93.3 cm³/mol. The standard InChI is InChI=1S/C19H22N2O4/c1-3-17(24-2)19(23)21-7-8-25-18-15(12-21)9-14(10-16(18)22)13-5-4-6-20-11-13/h4-6,9-11,17,22H,3,7-8,12H2,1-2H3/t17-/m0/s1. The molecule has 2 aromatic rings. The third-order valence-electron chi connectivity index (χ3n) is 4.35. The molecule has 0 spiro atoms. The minimum absolute atomic E-state index is 0.0623. The third-order valence-corrected chi connectivity index (χ3v) is 4.35. The zero-order valence-electron chi connectivity index (χ0n) is 14.4. The van der Waals surface area contributed by atoms with Gasteiger partial charge in [0.2, 0.25) is 0 Å². The molecular weight excluding hydrogens is 320 g/mol. The normalized spacial score (nSPS) is 15.0. The maximum absolute atomic E-state index is 12.6. The second-order valence-electron chi connectivity index (χ2n) is 5.97. The predicted octanol–water partition coefficient (Wildman–Crippen LogP) is 2.60. The largest absolute Gasteiger partial charge is 0.504 e. The number of phenols is 1. The van der Waals surface area contributed by atoms with Crippen molar-refractivity contribution in [2.24, 2.45) is 0 Å². The number of carbonyl (C=O) groups excluding carboxylic acids is 1. The van der Waals surface area contributed by atoms with Crippen LogP contribution in [-0.2, 0) is 16.1 Å². The van der Waals surface area contributed by atoms with E-state index in [4.69, 9.17) is 9.47 Å². The van der Waals surface area contributed by atoms with Crippen molar-refractivity contribution in [1.29, 1.82) is 0 Å². The van der Waals surface area contributed by atoms with E-state index in [1.165, 1.54) is 0 Å². The summed E-state index contributed by atoms with van der Waals surface area (Å²) in [6, 6.07) is 7.37. The van der Waals surface area contributed by atoms with Crippen molar-refractivity contribution in [3.8, 4) is 22.6 Å². The minimum Gasteiger partial charge on any atom is -0.504 e. The first-order valence-corrected chi connectivity index (χ1v) is 8.34. The van der Waals surface area contributed by atoms with Gasteiger partial charge in [0.25, 0.3) is 5.91 Å². The Bertz CT molecular complexity index is 745. The molecule has 0 fully saturated rings. The summed E-state index contributed by atoms with van der Waals surface area (Å²) in [5.74, 6) is 0.450. The Morgan fingerprint density at radius 2 is 2.28 bits per heavy atom. The van der Waals surface area contributed by atoms with Crippen LogP contribution in [0.4, 0.5) is 0 Å². The SMILES string of the molecule is CC[C@H](OC)C(=O)N1CCOc2c(O)cc(-c3cccnc3)cc2C1. The van der Waals surface area contributed by atoms with Crippen LogP contribution in [-0.4, -0.2) is 47.3 Å². The van der Waals surface area contributed by atoms with Crippen LogP contribution in [0.25, 0.3) is 11.1 Å². The lowest BCUT2D eigenvalue weighted by atomic mass is 10.0. The molecule has 1 aliphatic heterocycles. The van der Waals surface area contributed by atoms with Crippen LogP contribution in [0.2, 0.25) is 0 Å². The topological polar surface area (TPSA) is 71.9 Å². The van der Waals surface area contributed by atoms with Crippen molar-refractivity contribution >= 4 is 5.91 Å². The number of nitrogens with zero attached hydrogens (tertiary/aromatic N) is 2. The molecule has 1 aromatic carbocycles. The van der Waals surface area contributed by atoms with Crippen molar-refractivity contribution in [2.75, 3.05) is 20.3 Å². The Morgan fingerprint density at radius 3 is 2.96 bits per heavy atom.